The number of carbonyl (C=O) groups excluding carboxylic acids is 1. The largest absolute Gasteiger partial charge is 0.461 e. The average molecular weight is 350 g/mol. The Labute approximate surface area is 138 Å². The number of nitriles is 1. The molecule has 0 atom stereocenters. The van der Waals surface area contributed by atoms with Gasteiger partial charge in [0.15, 0.2) is 0 Å². The van der Waals surface area contributed by atoms with Gasteiger partial charge in [0, 0.05) is 12.1 Å². The van der Waals surface area contributed by atoms with Crippen LogP contribution in [0, 0.1) is 11.3 Å². The first kappa shape index (κ1) is 17.1. The van der Waals surface area contributed by atoms with E-state index in [4.69, 9.17) is 10.00 Å². The van der Waals surface area contributed by atoms with E-state index in [9.17, 15) is 13.2 Å². The molecule has 2 aromatic rings. The number of rotatable bonds is 7. The monoisotopic (exact) mass is 350 g/mol. The summed E-state index contributed by atoms with van der Waals surface area (Å²) in [7, 11) is -3.57. The molecule has 1 aromatic heterocycles. The summed E-state index contributed by atoms with van der Waals surface area (Å²) in [4.78, 5) is 11.7. The van der Waals surface area contributed by atoms with Crippen LogP contribution in [0.4, 0.5) is 0 Å². The van der Waals surface area contributed by atoms with Gasteiger partial charge in [-0.25, -0.2) is 13.1 Å². The lowest BCUT2D eigenvalue weighted by Crippen LogP contribution is -2.26. The zero-order chi connectivity index (χ0) is 16.7. The lowest BCUT2D eigenvalue weighted by Gasteiger charge is -2.07. The van der Waals surface area contributed by atoms with Crippen molar-refractivity contribution in [2.45, 2.75) is 17.2 Å². The third-order valence-electron chi connectivity index (χ3n) is 2.91. The molecular formula is C15H14N2O4S2. The molecule has 6 nitrogen and oxygen atoms in total. The number of esters is 1. The van der Waals surface area contributed by atoms with Gasteiger partial charge in [-0.3, -0.25) is 4.79 Å². The normalized spacial score (nSPS) is 10.9. The van der Waals surface area contributed by atoms with Crippen LogP contribution >= 0.6 is 11.3 Å². The maximum Gasteiger partial charge on any atom is 0.307 e. The van der Waals surface area contributed by atoms with E-state index in [0.717, 1.165) is 11.3 Å². The van der Waals surface area contributed by atoms with E-state index in [0.29, 0.717) is 11.1 Å². The van der Waals surface area contributed by atoms with Crippen molar-refractivity contribution in [2.75, 3.05) is 6.54 Å². The summed E-state index contributed by atoms with van der Waals surface area (Å²) in [5.41, 5.74) is 1.06. The summed E-state index contributed by atoms with van der Waals surface area (Å²) in [6, 6.07) is 12.0. The Bertz CT molecular complexity index is 808. The van der Waals surface area contributed by atoms with Crippen LogP contribution in [0.3, 0.4) is 0 Å². The Balaban J connectivity index is 1.79. The summed E-state index contributed by atoms with van der Waals surface area (Å²) in [6.45, 7) is -0.0563. The molecule has 0 amide bonds. The van der Waals surface area contributed by atoms with Crippen LogP contribution in [0.5, 0.6) is 0 Å². The van der Waals surface area contributed by atoms with Crippen molar-refractivity contribution < 1.29 is 17.9 Å². The molecule has 0 radical (unpaired) electrons. The minimum absolute atomic E-state index is 0.0136. The number of benzene rings is 1. The smallest absolute Gasteiger partial charge is 0.307 e. The lowest BCUT2D eigenvalue weighted by molar-refractivity contribution is -0.144. The highest BCUT2D eigenvalue weighted by Crippen LogP contribution is 2.15. The molecule has 1 N–H and O–H groups in total. The summed E-state index contributed by atoms with van der Waals surface area (Å²) in [5, 5.41) is 10.6. The van der Waals surface area contributed by atoms with E-state index in [1.165, 1.54) is 6.07 Å². The van der Waals surface area contributed by atoms with Gasteiger partial charge in [0.25, 0.3) is 0 Å². The Hall–Kier alpha value is -2.21. The van der Waals surface area contributed by atoms with E-state index >= 15 is 0 Å². The topological polar surface area (TPSA) is 96.3 Å². The number of nitrogens with one attached hydrogen (secondary N) is 1. The van der Waals surface area contributed by atoms with Gasteiger partial charge in [-0.1, -0.05) is 24.3 Å². The number of nitrogens with zero attached hydrogens (tertiary/aromatic N) is 1. The molecule has 0 aliphatic rings. The van der Waals surface area contributed by atoms with Crippen molar-refractivity contribution in [3.63, 3.8) is 0 Å². The van der Waals surface area contributed by atoms with Crippen LogP contribution in [-0.2, 0) is 26.2 Å². The molecule has 0 saturated heterocycles. The fraction of sp³-hybridized carbons (Fsp3) is 0.200. The van der Waals surface area contributed by atoms with Crippen LogP contribution < -0.4 is 4.72 Å². The molecule has 2 rings (SSSR count). The number of hydrogen-bond acceptors (Lipinski definition) is 6. The highest BCUT2D eigenvalue weighted by atomic mass is 32.2. The summed E-state index contributed by atoms with van der Waals surface area (Å²) in [6.07, 6.45) is -0.0840. The van der Waals surface area contributed by atoms with Gasteiger partial charge in [0.05, 0.1) is 18.1 Å². The SMILES string of the molecule is N#Cc1ccccc1COC(=O)CCNS(=O)(=O)c1cccs1. The van der Waals surface area contributed by atoms with Crippen LogP contribution in [0.15, 0.2) is 46.0 Å². The number of hydrogen-bond donors (Lipinski definition) is 1. The Morgan fingerprint density at radius 2 is 2.04 bits per heavy atom. The third kappa shape index (κ3) is 4.89. The van der Waals surface area contributed by atoms with Crippen molar-refractivity contribution in [1.82, 2.24) is 4.72 Å². The number of ether oxygens (including phenoxy) is 1. The molecule has 23 heavy (non-hydrogen) atoms. The molecule has 1 heterocycles. The van der Waals surface area contributed by atoms with E-state index in [-0.39, 0.29) is 23.8 Å². The third-order valence-corrected chi connectivity index (χ3v) is 5.77. The lowest BCUT2D eigenvalue weighted by atomic mass is 10.1. The predicted molar refractivity (Wildman–Crippen MR) is 85.1 cm³/mol. The van der Waals surface area contributed by atoms with E-state index in [1.54, 1.807) is 35.7 Å². The Morgan fingerprint density at radius 1 is 1.26 bits per heavy atom. The fourth-order valence-electron chi connectivity index (χ4n) is 1.76. The number of thiophene rings is 1. The molecule has 0 unspecified atom stereocenters. The van der Waals surface area contributed by atoms with Crippen LogP contribution in [0.1, 0.15) is 17.5 Å². The first-order valence-corrected chi connectivity index (χ1v) is 9.06. The zero-order valence-corrected chi connectivity index (χ0v) is 13.7. The van der Waals surface area contributed by atoms with E-state index in [2.05, 4.69) is 4.72 Å². The molecule has 0 bridgehead atoms. The van der Waals surface area contributed by atoms with Crippen molar-refractivity contribution in [2.24, 2.45) is 0 Å². The van der Waals surface area contributed by atoms with Gasteiger partial charge in [-0.2, -0.15) is 5.26 Å². The van der Waals surface area contributed by atoms with Crippen molar-refractivity contribution in [3.05, 3.63) is 52.9 Å². The molecule has 1 aromatic carbocycles. The molecule has 0 aliphatic carbocycles. The van der Waals surface area contributed by atoms with Gasteiger partial charge in [0.2, 0.25) is 10.0 Å². The summed E-state index contributed by atoms with van der Waals surface area (Å²) in [5.74, 6) is -0.536. The zero-order valence-electron chi connectivity index (χ0n) is 12.1. The molecule has 0 spiro atoms. The quantitative estimate of drug-likeness (QED) is 0.771. The van der Waals surface area contributed by atoms with Gasteiger partial charge in [-0.05, 0) is 17.5 Å². The summed E-state index contributed by atoms with van der Waals surface area (Å²) >= 11 is 1.10. The molecule has 0 aliphatic heterocycles. The van der Waals surface area contributed by atoms with Crippen LogP contribution in [0.25, 0.3) is 0 Å². The maximum atomic E-state index is 11.8. The molecule has 8 heteroatoms. The number of sulfonamides is 1. The van der Waals surface area contributed by atoms with E-state index < -0.39 is 16.0 Å². The van der Waals surface area contributed by atoms with Crippen molar-refractivity contribution in [1.29, 1.82) is 5.26 Å². The molecular weight excluding hydrogens is 336 g/mol. The molecule has 0 saturated carbocycles. The Morgan fingerprint density at radius 3 is 2.74 bits per heavy atom. The molecule has 0 fully saturated rings. The minimum Gasteiger partial charge on any atom is -0.461 e. The fourth-order valence-corrected chi connectivity index (χ4v) is 3.83. The standard InChI is InChI=1S/C15H14N2O4S2/c16-10-12-4-1-2-5-13(12)11-21-14(18)7-8-17-23(19,20)15-6-3-9-22-15/h1-6,9,17H,7-8,11H2. The van der Waals surface area contributed by atoms with Gasteiger partial charge in [-0.15, -0.1) is 11.3 Å². The second-order valence-electron chi connectivity index (χ2n) is 4.51. The second kappa shape index (κ2) is 7.87. The van der Waals surface area contributed by atoms with Crippen molar-refractivity contribution >= 4 is 27.3 Å². The minimum atomic E-state index is -3.57. The van der Waals surface area contributed by atoms with Gasteiger partial charge < -0.3 is 4.74 Å². The van der Waals surface area contributed by atoms with Crippen LogP contribution in [-0.4, -0.2) is 20.9 Å². The number of carbonyl (C=O) groups is 1. The van der Waals surface area contributed by atoms with Gasteiger partial charge in [0.1, 0.15) is 10.8 Å². The predicted octanol–water partition coefficient (Wildman–Crippen LogP) is 2.03. The van der Waals surface area contributed by atoms with Crippen LogP contribution in [0.2, 0.25) is 0 Å². The maximum absolute atomic E-state index is 11.8. The highest BCUT2D eigenvalue weighted by molar-refractivity contribution is 7.91. The first-order chi connectivity index (χ1) is 11.0. The summed E-state index contributed by atoms with van der Waals surface area (Å²) < 4.78 is 31.3. The Kier molecular flexibility index (Phi) is 5.87. The second-order valence-corrected chi connectivity index (χ2v) is 7.45. The molecule has 120 valence electrons. The van der Waals surface area contributed by atoms with E-state index in [1.807, 2.05) is 6.07 Å². The average Bonchev–Trinajstić information content (AvgIpc) is 3.08. The first-order valence-electron chi connectivity index (χ1n) is 6.70. The van der Waals surface area contributed by atoms with Crippen molar-refractivity contribution in [3.8, 4) is 6.07 Å². The highest BCUT2D eigenvalue weighted by Gasteiger charge is 2.15. The van der Waals surface area contributed by atoms with Gasteiger partial charge >= 0.3 is 5.97 Å².